The number of allylic oxidation sites excluding steroid dienone is 1. The molecule has 150 valence electrons. The van der Waals surface area contributed by atoms with Crippen LogP contribution in [0.1, 0.15) is 0 Å². The molecule has 0 unspecified atom stereocenters. The van der Waals surface area contributed by atoms with Gasteiger partial charge in [-0.1, -0.05) is 30.0 Å². The smallest absolute Gasteiger partial charge is 0.234 e. The highest BCUT2D eigenvalue weighted by atomic mass is 32.2. The number of hydrogen-bond donors (Lipinski definition) is 1. The molecule has 3 aromatic rings. The van der Waals surface area contributed by atoms with Crippen molar-refractivity contribution in [3.05, 3.63) is 66.8 Å². The Morgan fingerprint density at radius 1 is 1.24 bits per heavy atom. The van der Waals surface area contributed by atoms with Crippen LogP contribution in [0.5, 0.6) is 5.75 Å². The molecule has 0 bridgehead atoms. The number of carbonyl (C=O) groups excluding carboxylic acids is 1. The topological polar surface area (TPSA) is 69.0 Å². The van der Waals surface area contributed by atoms with E-state index in [-0.39, 0.29) is 17.3 Å². The number of ether oxygens (including phenoxy) is 1. The van der Waals surface area contributed by atoms with E-state index in [0.29, 0.717) is 23.3 Å². The van der Waals surface area contributed by atoms with Gasteiger partial charge in [0.05, 0.1) is 12.9 Å². The molecule has 1 N–H and O–H groups in total. The molecule has 0 saturated carbocycles. The van der Waals surface area contributed by atoms with Crippen molar-refractivity contribution in [2.24, 2.45) is 0 Å². The molecule has 0 spiro atoms. The highest BCUT2D eigenvalue weighted by Gasteiger charge is 2.16. The molecule has 29 heavy (non-hydrogen) atoms. The summed E-state index contributed by atoms with van der Waals surface area (Å²) in [5.74, 6) is -1.05. The number of hydrogen-bond acceptors (Lipinski definition) is 5. The summed E-state index contributed by atoms with van der Waals surface area (Å²) in [5, 5.41) is 11.5. The first-order valence-electron chi connectivity index (χ1n) is 8.58. The number of aromatic nitrogens is 3. The molecule has 0 atom stereocenters. The van der Waals surface area contributed by atoms with Crippen LogP contribution in [0.4, 0.5) is 14.5 Å². The Bertz CT molecular complexity index is 1040. The molecule has 0 saturated heterocycles. The van der Waals surface area contributed by atoms with Crippen molar-refractivity contribution in [3.63, 3.8) is 0 Å². The Morgan fingerprint density at radius 3 is 2.79 bits per heavy atom. The fourth-order valence-electron chi connectivity index (χ4n) is 2.57. The Morgan fingerprint density at radius 2 is 2.07 bits per heavy atom. The molecule has 0 aliphatic heterocycles. The first-order valence-corrected chi connectivity index (χ1v) is 9.56. The van der Waals surface area contributed by atoms with Crippen molar-refractivity contribution >= 4 is 23.4 Å². The van der Waals surface area contributed by atoms with Crippen LogP contribution in [0.3, 0.4) is 0 Å². The summed E-state index contributed by atoms with van der Waals surface area (Å²) < 4.78 is 33.3. The number of halogens is 2. The summed E-state index contributed by atoms with van der Waals surface area (Å²) in [4.78, 5) is 12.2. The summed E-state index contributed by atoms with van der Waals surface area (Å²) in [6, 6.07) is 10.6. The Hall–Kier alpha value is -3.20. The van der Waals surface area contributed by atoms with Gasteiger partial charge in [-0.25, -0.2) is 8.78 Å². The molecule has 1 heterocycles. The lowest BCUT2D eigenvalue weighted by Crippen LogP contribution is -2.15. The Kier molecular flexibility index (Phi) is 6.61. The highest BCUT2D eigenvalue weighted by Crippen LogP contribution is 2.26. The van der Waals surface area contributed by atoms with Crippen LogP contribution in [0, 0.1) is 11.6 Å². The molecule has 2 aromatic carbocycles. The van der Waals surface area contributed by atoms with E-state index in [0.717, 1.165) is 17.7 Å². The van der Waals surface area contributed by atoms with Crippen molar-refractivity contribution in [2.45, 2.75) is 11.7 Å². The maximum absolute atomic E-state index is 13.3. The minimum Gasteiger partial charge on any atom is -0.497 e. The van der Waals surface area contributed by atoms with Crippen molar-refractivity contribution in [1.82, 2.24) is 14.8 Å². The third-order valence-electron chi connectivity index (χ3n) is 3.89. The highest BCUT2D eigenvalue weighted by molar-refractivity contribution is 7.99. The maximum atomic E-state index is 13.3. The second kappa shape index (κ2) is 9.33. The van der Waals surface area contributed by atoms with Gasteiger partial charge in [0, 0.05) is 23.9 Å². The zero-order chi connectivity index (χ0) is 20.8. The fraction of sp³-hybridized carbons (Fsp3) is 0.150. The van der Waals surface area contributed by atoms with Crippen molar-refractivity contribution < 1.29 is 18.3 Å². The van der Waals surface area contributed by atoms with Crippen LogP contribution in [-0.2, 0) is 11.3 Å². The minimum atomic E-state index is -1.02. The third-order valence-corrected chi connectivity index (χ3v) is 4.86. The maximum Gasteiger partial charge on any atom is 0.234 e. The van der Waals surface area contributed by atoms with Gasteiger partial charge < -0.3 is 10.1 Å². The fourth-order valence-corrected chi connectivity index (χ4v) is 3.31. The molecule has 9 heteroatoms. The van der Waals surface area contributed by atoms with Crippen molar-refractivity contribution in [1.29, 1.82) is 0 Å². The lowest BCUT2D eigenvalue weighted by atomic mass is 10.2. The summed E-state index contributed by atoms with van der Waals surface area (Å²) in [6.07, 6.45) is 1.71. The zero-order valence-corrected chi connectivity index (χ0v) is 16.4. The van der Waals surface area contributed by atoms with Gasteiger partial charge in [-0.3, -0.25) is 9.36 Å². The normalized spacial score (nSPS) is 10.6. The van der Waals surface area contributed by atoms with Crippen molar-refractivity contribution in [2.75, 3.05) is 18.2 Å². The van der Waals surface area contributed by atoms with E-state index in [2.05, 4.69) is 22.1 Å². The number of rotatable bonds is 8. The average molecular weight is 416 g/mol. The van der Waals surface area contributed by atoms with Gasteiger partial charge in [-0.2, -0.15) is 0 Å². The molecule has 0 aliphatic carbocycles. The molecule has 0 radical (unpaired) electrons. The summed E-state index contributed by atoms with van der Waals surface area (Å²) in [5.41, 5.74) is 0.996. The van der Waals surface area contributed by atoms with Crippen LogP contribution in [0.25, 0.3) is 11.4 Å². The number of amides is 1. The SMILES string of the molecule is C=CCn1c(SCC(=O)Nc2ccc(F)c(F)c2)nnc1-c1cccc(OC)c1. The van der Waals surface area contributed by atoms with Gasteiger partial charge >= 0.3 is 0 Å². The van der Waals surface area contributed by atoms with E-state index in [9.17, 15) is 13.6 Å². The number of methoxy groups -OCH3 is 1. The minimum absolute atomic E-state index is 0.0202. The van der Waals surface area contributed by atoms with Gasteiger partial charge in [0.2, 0.25) is 5.91 Å². The summed E-state index contributed by atoms with van der Waals surface area (Å²) in [6.45, 7) is 4.21. The van der Waals surface area contributed by atoms with Gasteiger partial charge in [0.1, 0.15) is 5.75 Å². The largest absolute Gasteiger partial charge is 0.497 e. The average Bonchev–Trinajstić information content (AvgIpc) is 3.12. The molecule has 1 aromatic heterocycles. The van der Waals surface area contributed by atoms with Gasteiger partial charge in [0.25, 0.3) is 0 Å². The van der Waals surface area contributed by atoms with Crippen LogP contribution in [0.15, 0.2) is 60.3 Å². The van der Waals surface area contributed by atoms with E-state index in [1.54, 1.807) is 13.2 Å². The second-order valence-electron chi connectivity index (χ2n) is 5.90. The van der Waals surface area contributed by atoms with E-state index in [1.165, 1.54) is 17.8 Å². The molecular weight excluding hydrogens is 398 g/mol. The van der Waals surface area contributed by atoms with Gasteiger partial charge in [0.15, 0.2) is 22.6 Å². The first-order chi connectivity index (χ1) is 14.0. The zero-order valence-electron chi connectivity index (χ0n) is 15.6. The lowest BCUT2D eigenvalue weighted by Gasteiger charge is -2.09. The predicted molar refractivity (Wildman–Crippen MR) is 108 cm³/mol. The molecule has 3 rings (SSSR count). The second-order valence-corrected chi connectivity index (χ2v) is 6.85. The van der Waals surface area contributed by atoms with E-state index in [4.69, 9.17) is 4.74 Å². The molecule has 6 nitrogen and oxygen atoms in total. The number of benzene rings is 2. The number of carbonyl (C=O) groups is 1. The van der Waals surface area contributed by atoms with Crippen LogP contribution >= 0.6 is 11.8 Å². The molecule has 0 fully saturated rings. The Labute approximate surface area is 170 Å². The third kappa shape index (κ3) is 5.00. The summed E-state index contributed by atoms with van der Waals surface area (Å²) >= 11 is 1.18. The first kappa shape index (κ1) is 20.5. The van der Waals surface area contributed by atoms with Crippen LogP contribution in [0.2, 0.25) is 0 Å². The quantitative estimate of drug-likeness (QED) is 0.441. The molecule has 0 aliphatic rings. The van der Waals surface area contributed by atoms with Crippen LogP contribution in [-0.4, -0.2) is 33.5 Å². The van der Waals surface area contributed by atoms with E-state index < -0.39 is 11.6 Å². The molecular formula is C20H18F2N4O2S. The standard InChI is InChI=1S/C20H18F2N4O2S/c1-3-9-26-19(13-5-4-6-15(10-13)28-2)24-25-20(26)29-12-18(27)23-14-7-8-16(21)17(22)11-14/h3-8,10-11H,1,9,12H2,2H3,(H,23,27). The van der Waals surface area contributed by atoms with E-state index in [1.807, 2.05) is 28.8 Å². The van der Waals surface area contributed by atoms with Crippen LogP contribution < -0.4 is 10.1 Å². The van der Waals surface area contributed by atoms with Gasteiger partial charge in [-0.15, -0.1) is 16.8 Å². The monoisotopic (exact) mass is 416 g/mol. The van der Waals surface area contributed by atoms with E-state index >= 15 is 0 Å². The number of nitrogens with zero attached hydrogens (tertiary/aromatic N) is 3. The van der Waals surface area contributed by atoms with Gasteiger partial charge in [-0.05, 0) is 24.3 Å². The predicted octanol–water partition coefficient (Wildman–Crippen LogP) is 4.15. The summed E-state index contributed by atoms with van der Waals surface area (Å²) in [7, 11) is 1.58. The molecule has 1 amide bonds. The number of thioether (sulfide) groups is 1. The van der Waals surface area contributed by atoms with Crippen molar-refractivity contribution in [3.8, 4) is 17.1 Å². The lowest BCUT2D eigenvalue weighted by molar-refractivity contribution is -0.113. The Balaban J connectivity index is 1.73. The number of anilines is 1. The number of nitrogens with one attached hydrogen (secondary N) is 1.